The lowest BCUT2D eigenvalue weighted by atomic mass is 9.86. The van der Waals surface area contributed by atoms with Gasteiger partial charge in [-0.05, 0) is 65.0 Å². The van der Waals surface area contributed by atoms with Crippen LogP contribution in [-0.2, 0) is 14.8 Å². The molecule has 1 aromatic rings. The second kappa shape index (κ2) is 10.8. The van der Waals surface area contributed by atoms with Gasteiger partial charge in [-0.15, -0.1) is 0 Å². The monoisotopic (exact) mass is 426 g/mol. The third-order valence-electron chi connectivity index (χ3n) is 5.34. The molecule has 7 nitrogen and oxygen atoms in total. The maximum Gasteiger partial charge on any atom is 0.227 e. The average Bonchev–Trinajstić information content (AvgIpc) is 2.69. The predicted molar refractivity (Wildman–Crippen MR) is 115 cm³/mol. The number of benzene rings is 1. The molecule has 1 aliphatic rings. The van der Waals surface area contributed by atoms with Crippen LogP contribution in [0.4, 0.5) is 5.69 Å². The van der Waals surface area contributed by atoms with E-state index < -0.39 is 15.3 Å². The van der Waals surface area contributed by atoms with E-state index in [1.807, 2.05) is 20.8 Å². The van der Waals surface area contributed by atoms with Gasteiger partial charge in [0.25, 0.3) is 0 Å². The van der Waals surface area contributed by atoms with E-state index in [0.29, 0.717) is 62.5 Å². The van der Waals surface area contributed by atoms with Crippen molar-refractivity contribution in [2.45, 2.75) is 71.1 Å². The van der Waals surface area contributed by atoms with E-state index in [4.69, 9.17) is 9.47 Å². The molecule has 8 heteroatoms. The molecular weight excluding hydrogens is 392 g/mol. The van der Waals surface area contributed by atoms with Crippen LogP contribution in [0.25, 0.3) is 0 Å². The number of hydrogen-bond donors (Lipinski definition) is 2. The van der Waals surface area contributed by atoms with Crippen molar-refractivity contribution >= 4 is 21.6 Å². The number of carbonyl (C=O) groups is 1. The molecule has 1 fully saturated rings. The van der Waals surface area contributed by atoms with Crippen LogP contribution >= 0.6 is 0 Å². The smallest absolute Gasteiger partial charge is 0.227 e. The van der Waals surface area contributed by atoms with Gasteiger partial charge >= 0.3 is 0 Å². The van der Waals surface area contributed by atoms with Crippen molar-refractivity contribution in [1.82, 2.24) is 4.72 Å². The molecule has 0 aromatic heterocycles. The number of amides is 1. The van der Waals surface area contributed by atoms with Gasteiger partial charge in [-0.2, -0.15) is 0 Å². The fourth-order valence-corrected chi connectivity index (χ4v) is 4.79. The normalized spacial score (nSPS) is 20.7. The zero-order valence-electron chi connectivity index (χ0n) is 17.9. The molecule has 164 valence electrons. The van der Waals surface area contributed by atoms with Crippen molar-refractivity contribution in [3.05, 3.63) is 18.2 Å². The topological polar surface area (TPSA) is 93.7 Å². The summed E-state index contributed by atoms with van der Waals surface area (Å²) in [5.74, 6) is 1.10. The highest BCUT2D eigenvalue weighted by molar-refractivity contribution is 7.90. The zero-order chi connectivity index (χ0) is 21.4. The quantitative estimate of drug-likeness (QED) is 0.595. The minimum absolute atomic E-state index is 0.0418. The van der Waals surface area contributed by atoms with Crippen LogP contribution in [0.15, 0.2) is 18.2 Å². The standard InChI is InChI=1S/C21H34N2O5S/c1-5-15(4)29(25,26)23-17-10-8-16(9-11-17)21(24)22-18-12-13-19(27-6-2)20(14-18)28-7-3/h12-17,23H,5-11H2,1-4H3,(H,22,24). The lowest BCUT2D eigenvalue weighted by Gasteiger charge is -2.29. The molecule has 0 saturated heterocycles. The Morgan fingerprint density at radius 1 is 1.07 bits per heavy atom. The Hall–Kier alpha value is -1.80. The summed E-state index contributed by atoms with van der Waals surface area (Å²) in [4.78, 5) is 12.7. The van der Waals surface area contributed by atoms with E-state index in [1.165, 1.54) is 0 Å². The van der Waals surface area contributed by atoms with Crippen molar-refractivity contribution in [2.75, 3.05) is 18.5 Å². The summed E-state index contributed by atoms with van der Waals surface area (Å²) in [5, 5.41) is 2.56. The predicted octanol–water partition coefficient (Wildman–Crippen LogP) is 3.70. The van der Waals surface area contributed by atoms with Crippen LogP contribution in [0.2, 0.25) is 0 Å². The Bertz CT molecular complexity index is 773. The van der Waals surface area contributed by atoms with Gasteiger partial charge in [-0.1, -0.05) is 6.92 Å². The molecule has 0 bridgehead atoms. The second-order valence-electron chi connectivity index (χ2n) is 7.45. The van der Waals surface area contributed by atoms with Crippen molar-refractivity contribution in [2.24, 2.45) is 5.92 Å². The fourth-order valence-electron chi connectivity index (χ4n) is 3.41. The van der Waals surface area contributed by atoms with Gasteiger partial charge in [0, 0.05) is 23.7 Å². The molecular formula is C21H34N2O5S. The molecule has 0 radical (unpaired) electrons. The van der Waals surface area contributed by atoms with E-state index in [-0.39, 0.29) is 17.9 Å². The maximum absolute atomic E-state index is 12.7. The largest absolute Gasteiger partial charge is 0.490 e. The summed E-state index contributed by atoms with van der Waals surface area (Å²) in [6.45, 7) is 8.43. The lowest BCUT2D eigenvalue weighted by molar-refractivity contribution is -0.120. The van der Waals surface area contributed by atoms with Crippen LogP contribution < -0.4 is 19.5 Å². The summed E-state index contributed by atoms with van der Waals surface area (Å²) in [6, 6.07) is 5.29. The molecule has 1 amide bonds. The number of anilines is 1. The summed E-state index contributed by atoms with van der Waals surface area (Å²) in [5.41, 5.74) is 0.668. The molecule has 2 N–H and O–H groups in total. The zero-order valence-corrected chi connectivity index (χ0v) is 18.7. The van der Waals surface area contributed by atoms with Crippen LogP contribution in [0.3, 0.4) is 0 Å². The first-order valence-corrected chi connectivity index (χ1v) is 12.1. The molecule has 0 aliphatic heterocycles. The van der Waals surface area contributed by atoms with E-state index in [1.54, 1.807) is 25.1 Å². The number of hydrogen-bond acceptors (Lipinski definition) is 5. The van der Waals surface area contributed by atoms with E-state index in [0.717, 1.165) is 0 Å². The lowest BCUT2D eigenvalue weighted by Crippen LogP contribution is -2.42. The Morgan fingerprint density at radius 3 is 2.28 bits per heavy atom. The van der Waals surface area contributed by atoms with Crippen molar-refractivity contribution < 1.29 is 22.7 Å². The summed E-state index contributed by atoms with van der Waals surface area (Å²) >= 11 is 0. The molecule has 1 unspecified atom stereocenters. The number of rotatable bonds is 10. The first-order valence-electron chi connectivity index (χ1n) is 10.5. The number of nitrogens with one attached hydrogen (secondary N) is 2. The van der Waals surface area contributed by atoms with E-state index in [2.05, 4.69) is 10.0 Å². The minimum Gasteiger partial charge on any atom is -0.490 e. The Morgan fingerprint density at radius 2 is 1.69 bits per heavy atom. The summed E-state index contributed by atoms with van der Waals surface area (Å²) < 4.78 is 38.4. The van der Waals surface area contributed by atoms with Crippen LogP contribution in [0.1, 0.15) is 59.8 Å². The van der Waals surface area contributed by atoms with Gasteiger partial charge < -0.3 is 14.8 Å². The third-order valence-corrected chi connectivity index (χ3v) is 7.40. The number of carbonyl (C=O) groups excluding carboxylic acids is 1. The van der Waals surface area contributed by atoms with Crippen molar-refractivity contribution in [3.8, 4) is 11.5 Å². The molecule has 29 heavy (non-hydrogen) atoms. The molecule has 1 aromatic carbocycles. The fraction of sp³-hybridized carbons (Fsp3) is 0.667. The van der Waals surface area contributed by atoms with Gasteiger partial charge in [-0.3, -0.25) is 4.79 Å². The van der Waals surface area contributed by atoms with Crippen LogP contribution in [0.5, 0.6) is 11.5 Å². The van der Waals surface area contributed by atoms with Gasteiger partial charge in [0.1, 0.15) is 0 Å². The van der Waals surface area contributed by atoms with E-state index in [9.17, 15) is 13.2 Å². The van der Waals surface area contributed by atoms with Crippen LogP contribution in [0, 0.1) is 5.92 Å². The van der Waals surface area contributed by atoms with Gasteiger partial charge in [0.05, 0.1) is 18.5 Å². The SMILES string of the molecule is CCOc1ccc(NC(=O)C2CCC(NS(=O)(=O)C(C)CC)CC2)cc1OCC. The highest BCUT2D eigenvalue weighted by atomic mass is 32.2. The van der Waals surface area contributed by atoms with Gasteiger partial charge in [0.2, 0.25) is 15.9 Å². The summed E-state index contributed by atoms with van der Waals surface area (Å²) in [6.07, 6.45) is 3.24. The molecule has 1 saturated carbocycles. The average molecular weight is 427 g/mol. The van der Waals surface area contributed by atoms with E-state index >= 15 is 0 Å². The van der Waals surface area contributed by atoms with Gasteiger partial charge in [0.15, 0.2) is 11.5 Å². The molecule has 0 spiro atoms. The highest BCUT2D eigenvalue weighted by Gasteiger charge is 2.30. The Kier molecular flexibility index (Phi) is 8.77. The van der Waals surface area contributed by atoms with Crippen LogP contribution in [-0.4, -0.2) is 38.8 Å². The Labute approximate surface area is 174 Å². The minimum atomic E-state index is -3.29. The number of sulfonamides is 1. The third kappa shape index (κ3) is 6.60. The Balaban J connectivity index is 1.92. The first-order chi connectivity index (χ1) is 13.8. The first kappa shape index (κ1) is 23.5. The second-order valence-corrected chi connectivity index (χ2v) is 9.58. The highest BCUT2D eigenvalue weighted by Crippen LogP contribution is 2.32. The number of ether oxygens (including phenoxy) is 2. The molecule has 2 rings (SSSR count). The van der Waals surface area contributed by atoms with Gasteiger partial charge in [-0.25, -0.2) is 13.1 Å². The van der Waals surface area contributed by atoms with Crippen molar-refractivity contribution in [1.29, 1.82) is 0 Å². The van der Waals surface area contributed by atoms with Crippen molar-refractivity contribution in [3.63, 3.8) is 0 Å². The molecule has 0 heterocycles. The summed E-state index contributed by atoms with van der Waals surface area (Å²) in [7, 11) is -3.29. The maximum atomic E-state index is 12.7. The molecule has 1 aliphatic carbocycles. The molecule has 1 atom stereocenters.